The van der Waals surface area contributed by atoms with Gasteiger partial charge in [0.05, 0.1) is 27.5 Å². The molecule has 2 heterocycles. The topological polar surface area (TPSA) is 61.6 Å². The molecule has 2 aromatic rings. The Hall–Kier alpha value is -1.68. The third-order valence-corrected chi connectivity index (χ3v) is 6.18. The number of halogens is 6. The summed E-state index contributed by atoms with van der Waals surface area (Å²) in [7, 11) is 0. The number of rotatable bonds is 4. The maximum Gasteiger partial charge on any atom is 0.434 e. The van der Waals surface area contributed by atoms with Gasteiger partial charge in [0, 0.05) is 36.8 Å². The van der Waals surface area contributed by atoms with E-state index in [-0.39, 0.29) is 18.8 Å². The fourth-order valence-electron chi connectivity index (χ4n) is 3.49. The molecule has 0 aliphatic carbocycles. The predicted molar refractivity (Wildman–Crippen MR) is 113 cm³/mol. The molecule has 0 bridgehead atoms. The number of aliphatic hydroxyl groups is 1. The molecule has 1 N–H and O–H groups in total. The summed E-state index contributed by atoms with van der Waals surface area (Å²) in [6.45, 7) is 3.79. The van der Waals surface area contributed by atoms with Crippen LogP contribution in [0, 0.1) is 6.92 Å². The van der Waals surface area contributed by atoms with Gasteiger partial charge in [-0.05, 0) is 26.0 Å². The molecule has 0 spiro atoms. The van der Waals surface area contributed by atoms with Crippen molar-refractivity contribution in [3.63, 3.8) is 0 Å². The van der Waals surface area contributed by atoms with Crippen LogP contribution in [0.2, 0.25) is 15.1 Å². The molecule has 1 aliphatic rings. The van der Waals surface area contributed by atoms with Gasteiger partial charge in [-0.2, -0.15) is 18.3 Å². The molecule has 1 aromatic heterocycles. The summed E-state index contributed by atoms with van der Waals surface area (Å²) in [6.07, 6.45) is -5.50. The van der Waals surface area contributed by atoms with Crippen LogP contribution < -0.4 is 4.90 Å². The number of aryl methyl sites for hydroxylation is 1. The van der Waals surface area contributed by atoms with Crippen LogP contribution >= 0.6 is 34.8 Å². The maximum absolute atomic E-state index is 13.3. The third-order valence-electron chi connectivity index (χ3n) is 5.10. The van der Waals surface area contributed by atoms with Crippen molar-refractivity contribution in [3.8, 4) is 0 Å². The quantitative estimate of drug-likeness (QED) is 0.669. The number of carbonyl (C=O) groups excluding carboxylic acids is 1. The Bertz CT molecular complexity index is 987. The van der Waals surface area contributed by atoms with Crippen LogP contribution in [0.25, 0.3) is 0 Å². The number of aromatic nitrogens is 2. The molecule has 0 saturated carbocycles. The average molecular weight is 500 g/mol. The Morgan fingerprint density at radius 3 is 2.32 bits per heavy atom. The highest BCUT2D eigenvalue weighted by atomic mass is 35.5. The molecule has 1 aromatic carbocycles. The summed E-state index contributed by atoms with van der Waals surface area (Å²) in [5.74, 6) is -0.490. The van der Waals surface area contributed by atoms with Crippen LogP contribution in [0.15, 0.2) is 12.1 Å². The minimum Gasteiger partial charge on any atom is -0.389 e. The molecular formula is C19H20Cl3F3N4O2. The van der Waals surface area contributed by atoms with Crippen LogP contribution in [0.4, 0.5) is 18.9 Å². The molecule has 1 fully saturated rings. The molecule has 1 aliphatic heterocycles. The van der Waals surface area contributed by atoms with E-state index in [0.717, 1.165) is 0 Å². The van der Waals surface area contributed by atoms with E-state index in [4.69, 9.17) is 34.8 Å². The van der Waals surface area contributed by atoms with Gasteiger partial charge in [0.25, 0.3) is 0 Å². The van der Waals surface area contributed by atoms with Gasteiger partial charge < -0.3 is 14.9 Å². The Morgan fingerprint density at radius 2 is 1.77 bits per heavy atom. The Morgan fingerprint density at radius 1 is 1.16 bits per heavy atom. The van der Waals surface area contributed by atoms with Gasteiger partial charge >= 0.3 is 6.18 Å². The monoisotopic (exact) mass is 498 g/mol. The lowest BCUT2D eigenvalue weighted by Crippen LogP contribution is -2.50. The number of hydrogen-bond donors (Lipinski definition) is 1. The number of alkyl halides is 3. The first-order valence-corrected chi connectivity index (χ1v) is 10.5. The van der Waals surface area contributed by atoms with Crippen LogP contribution in [0.3, 0.4) is 0 Å². The summed E-state index contributed by atoms with van der Waals surface area (Å²) in [5, 5.41) is 13.9. The Balaban J connectivity index is 1.71. The second-order valence-corrected chi connectivity index (χ2v) is 8.46. The fourth-order valence-corrected chi connectivity index (χ4v) is 4.39. The maximum atomic E-state index is 13.3. The van der Waals surface area contributed by atoms with Gasteiger partial charge in [0.15, 0.2) is 5.69 Å². The van der Waals surface area contributed by atoms with Crippen molar-refractivity contribution in [2.24, 2.45) is 0 Å². The highest BCUT2D eigenvalue weighted by molar-refractivity contribution is 6.36. The number of anilines is 1. The van der Waals surface area contributed by atoms with Crippen LogP contribution in [0.5, 0.6) is 0 Å². The second kappa shape index (κ2) is 9.05. The molecule has 170 valence electrons. The van der Waals surface area contributed by atoms with Crippen molar-refractivity contribution in [2.75, 3.05) is 31.1 Å². The van der Waals surface area contributed by atoms with Gasteiger partial charge in [0.1, 0.15) is 6.54 Å². The molecule has 3 rings (SSSR count). The van der Waals surface area contributed by atoms with Gasteiger partial charge in [-0.25, -0.2) is 4.68 Å². The third kappa shape index (κ3) is 5.05. The molecule has 31 heavy (non-hydrogen) atoms. The molecule has 1 atom stereocenters. The van der Waals surface area contributed by atoms with E-state index in [1.54, 1.807) is 19.1 Å². The summed E-state index contributed by atoms with van der Waals surface area (Å²) in [5.41, 5.74) is 0.0863. The number of benzene rings is 1. The van der Waals surface area contributed by atoms with Crippen LogP contribution in [-0.4, -0.2) is 51.9 Å². The largest absolute Gasteiger partial charge is 0.434 e. The minimum atomic E-state index is -4.72. The SMILES string of the molecule is Cc1nn(CC(=O)N2CCN(c3cc(C(C)O)c(Cl)cc3Cl)CC2)c(C(F)(F)F)c1Cl. The van der Waals surface area contributed by atoms with E-state index >= 15 is 0 Å². The number of hydrogen-bond acceptors (Lipinski definition) is 4. The molecule has 12 heteroatoms. The smallest absolute Gasteiger partial charge is 0.389 e. The molecular weight excluding hydrogens is 480 g/mol. The highest BCUT2D eigenvalue weighted by Gasteiger charge is 2.39. The Kier molecular flexibility index (Phi) is 7.00. The standard InChI is InChI=1S/C19H20Cl3F3N4O2/c1-10-17(22)18(19(23,24)25)29(26-10)9-16(31)28-5-3-27(4-6-28)15-7-12(11(2)30)13(20)8-14(15)21/h7-8,11,30H,3-6,9H2,1-2H3. The van der Waals surface area contributed by atoms with Crippen molar-refractivity contribution < 1.29 is 23.1 Å². The zero-order valence-corrected chi connectivity index (χ0v) is 18.9. The summed E-state index contributed by atoms with van der Waals surface area (Å²) >= 11 is 18.2. The fraction of sp³-hybridized carbons (Fsp3) is 0.474. The lowest BCUT2D eigenvalue weighted by atomic mass is 10.1. The first-order valence-electron chi connectivity index (χ1n) is 9.40. The van der Waals surface area contributed by atoms with Crippen LogP contribution in [-0.2, 0) is 17.5 Å². The van der Waals surface area contributed by atoms with Crippen molar-refractivity contribution in [3.05, 3.63) is 44.2 Å². The number of aliphatic hydroxyl groups excluding tert-OH is 1. The van der Waals surface area contributed by atoms with E-state index in [2.05, 4.69) is 5.10 Å². The molecule has 1 unspecified atom stereocenters. The van der Waals surface area contributed by atoms with Crippen molar-refractivity contribution in [1.82, 2.24) is 14.7 Å². The number of piperazine rings is 1. The van der Waals surface area contributed by atoms with Gasteiger partial charge in [-0.3, -0.25) is 4.79 Å². The van der Waals surface area contributed by atoms with Crippen molar-refractivity contribution >= 4 is 46.4 Å². The van der Waals surface area contributed by atoms with E-state index in [1.165, 1.54) is 11.8 Å². The zero-order chi connectivity index (χ0) is 23.1. The van der Waals surface area contributed by atoms with E-state index in [1.807, 2.05) is 4.90 Å². The van der Waals surface area contributed by atoms with Gasteiger partial charge in [-0.1, -0.05) is 34.8 Å². The normalized spacial score (nSPS) is 16.0. The molecule has 0 radical (unpaired) electrons. The molecule has 6 nitrogen and oxygen atoms in total. The lowest BCUT2D eigenvalue weighted by molar-refractivity contribution is -0.145. The first kappa shape index (κ1) is 24.0. The molecule has 1 amide bonds. The average Bonchev–Trinajstić information content (AvgIpc) is 2.95. The Labute approximate surface area is 192 Å². The first-order chi connectivity index (χ1) is 14.4. The summed E-state index contributed by atoms with van der Waals surface area (Å²) < 4.78 is 40.5. The zero-order valence-electron chi connectivity index (χ0n) is 16.7. The van der Waals surface area contributed by atoms with Crippen LogP contribution in [0.1, 0.15) is 30.0 Å². The highest BCUT2D eigenvalue weighted by Crippen LogP contribution is 2.37. The summed E-state index contributed by atoms with van der Waals surface area (Å²) in [6, 6.07) is 3.26. The van der Waals surface area contributed by atoms with E-state index in [9.17, 15) is 23.1 Å². The predicted octanol–water partition coefficient (Wildman–Crippen LogP) is 4.57. The van der Waals surface area contributed by atoms with Gasteiger partial charge in [-0.15, -0.1) is 0 Å². The summed E-state index contributed by atoms with van der Waals surface area (Å²) in [4.78, 5) is 16.0. The minimum absolute atomic E-state index is 0.0120. The second-order valence-electron chi connectivity index (χ2n) is 7.27. The van der Waals surface area contributed by atoms with Gasteiger partial charge in [0.2, 0.25) is 5.91 Å². The number of amides is 1. The lowest BCUT2D eigenvalue weighted by Gasteiger charge is -2.37. The van der Waals surface area contributed by atoms with Crippen molar-refractivity contribution in [2.45, 2.75) is 32.7 Å². The van der Waals surface area contributed by atoms with E-state index in [0.29, 0.717) is 39.1 Å². The number of carbonyl (C=O) groups is 1. The van der Waals surface area contributed by atoms with Crippen molar-refractivity contribution in [1.29, 1.82) is 0 Å². The molecule has 1 saturated heterocycles. The van der Waals surface area contributed by atoms with E-state index < -0.39 is 35.4 Å². The number of nitrogens with zero attached hydrogens (tertiary/aromatic N) is 4.